The summed E-state index contributed by atoms with van der Waals surface area (Å²) >= 11 is 6.02. The number of rotatable bonds is 7. The van der Waals surface area contributed by atoms with Crippen molar-refractivity contribution < 1.29 is 50.3 Å². The second-order valence-corrected chi connectivity index (χ2v) is 13.6. The Morgan fingerprint density at radius 1 is 0.774 bits per heavy atom. The van der Waals surface area contributed by atoms with E-state index in [9.17, 15) is 40.7 Å². The molecule has 0 saturated carbocycles. The van der Waals surface area contributed by atoms with Gasteiger partial charge in [-0.3, -0.25) is 9.69 Å². The van der Waals surface area contributed by atoms with Crippen LogP contribution in [0.25, 0.3) is 10.9 Å². The van der Waals surface area contributed by atoms with E-state index in [0.717, 1.165) is 28.9 Å². The van der Waals surface area contributed by atoms with Crippen LogP contribution in [0.2, 0.25) is 5.02 Å². The zero-order valence-corrected chi connectivity index (χ0v) is 29.4. The average Bonchev–Trinajstić information content (AvgIpc) is 3.41. The summed E-state index contributed by atoms with van der Waals surface area (Å²) in [6.45, 7) is 5.71. The molecule has 2 saturated heterocycles. The Morgan fingerprint density at radius 3 is 1.94 bits per heavy atom. The molecular weight excluding hydrogens is 730 g/mol. The van der Waals surface area contributed by atoms with Gasteiger partial charge in [-0.1, -0.05) is 35.9 Å². The van der Waals surface area contributed by atoms with E-state index in [1.54, 1.807) is 24.3 Å². The van der Waals surface area contributed by atoms with Crippen LogP contribution < -0.4 is 14.5 Å². The average molecular weight is 765 g/mol. The maximum Gasteiger partial charge on any atom is 0.493 e. The van der Waals surface area contributed by atoms with E-state index in [1.807, 2.05) is 41.8 Å². The van der Waals surface area contributed by atoms with Gasteiger partial charge < -0.3 is 19.4 Å². The Balaban J connectivity index is 1.41. The Bertz CT molecular complexity index is 1990. The number of nitrogens with zero attached hydrogens (tertiary/aromatic N) is 4. The van der Waals surface area contributed by atoms with E-state index in [-0.39, 0.29) is 42.0 Å². The molecule has 0 N–H and O–H groups in total. The van der Waals surface area contributed by atoms with Gasteiger partial charge in [0, 0.05) is 49.0 Å². The summed E-state index contributed by atoms with van der Waals surface area (Å²) in [6, 6.07) is 16.4. The summed E-state index contributed by atoms with van der Waals surface area (Å²) in [4.78, 5) is 49.0. The van der Waals surface area contributed by atoms with Gasteiger partial charge >= 0.3 is 24.3 Å². The quantitative estimate of drug-likeness (QED) is 0.112. The van der Waals surface area contributed by atoms with Crippen LogP contribution in [0.3, 0.4) is 0 Å². The lowest BCUT2D eigenvalue weighted by Crippen LogP contribution is -2.49. The lowest BCUT2D eigenvalue weighted by Gasteiger charge is -2.36. The number of amides is 1. The maximum absolute atomic E-state index is 14.5. The molecule has 1 amide bonds. The van der Waals surface area contributed by atoms with Gasteiger partial charge in [-0.2, -0.15) is 31.1 Å². The molecule has 0 aliphatic carbocycles. The number of aryl methyl sites for hydroxylation is 2. The number of piperidine rings is 1. The van der Waals surface area contributed by atoms with E-state index >= 15 is 0 Å². The van der Waals surface area contributed by atoms with E-state index in [2.05, 4.69) is 0 Å². The van der Waals surface area contributed by atoms with E-state index < -0.39 is 41.6 Å². The van der Waals surface area contributed by atoms with Crippen molar-refractivity contribution in [2.75, 3.05) is 44.2 Å². The van der Waals surface area contributed by atoms with Crippen molar-refractivity contribution in [1.29, 1.82) is 0 Å². The van der Waals surface area contributed by atoms with Crippen molar-refractivity contribution in [3.63, 3.8) is 0 Å². The summed E-state index contributed by atoms with van der Waals surface area (Å²) in [5.41, 5.74) is 3.42. The smallest absolute Gasteiger partial charge is 0.419 e. The molecule has 0 radical (unpaired) electrons. The first-order chi connectivity index (χ1) is 25.0. The van der Waals surface area contributed by atoms with Crippen LogP contribution in [0.4, 0.5) is 32.0 Å². The van der Waals surface area contributed by atoms with Crippen LogP contribution in [0.5, 0.6) is 5.75 Å². The Labute approximate surface area is 305 Å². The third-order valence-corrected chi connectivity index (χ3v) is 9.99. The number of hydrogen-bond acceptors (Lipinski definition) is 7. The van der Waals surface area contributed by atoms with Crippen LogP contribution in [0.1, 0.15) is 51.5 Å². The topological polar surface area (TPSA) is 84.3 Å². The number of alkyl halides is 6. The van der Waals surface area contributed by atoms with Crippen LogP contribution in [-0.2, 0) is 16.1 Å². The third-order valence-electron chi connectivity index (χ3n) is 9.73. The number of halogens is 7. The van der Waals surface area contributed by atoms with Crippen molar-refractivity contribution in [2.45, 2.75) is 51.5 Å². The molecular formula is C37H35ClF6N4O5. The number of fused-ring (bicyclic) bond motifs is 1. The Morgan fingerprint density at radius 2 is 1.36 bits per heavy atom. The molecule has 282 valence electrons. The summed E-state index contributed by atoms with van der Waals surface area (Å²) in [6.07, 6.45) is -9.54. The molecule has 2 fully saturated rings. The summed E-state index contributed by atoms with van der Waals surface area (Å²) in [7, 11) is 0. The summed E-state index contributed by atoms with van der Waals surface area (Å²) in [5, 5.41) is 0.270. The fraction of sp³-hybridized carbons (Fsp3) is 0.378. The number of benzene rings is 3. The molecule has 4 aromatic rings. The predicted molar refractivity (Wildman–Crippen MR) is 184 cm³/mol. The molecule has 0 unspecified atom stereocenters. The Hall–Kier alpha value is -4.76. The molecule has 0 atom stereocenters. The van der Waals surface area contributed by atoms with Crippen LogP contribution in [-0.4, -0.2) is 84.0 Å². The van der Waals surface area contributed by atoms with Gasteiger partial charge in [0.2, 0.25) is 0 Å². The molecule has 0 bridgehead atoms. The first-order valence-corrected chi connectivity index (χ1v) is 17.2. The zero-order valence-electron chi connectivity index (χ0n) is 28.7. The van der Waals surface area contributed by atoms with Crippen molar-refractivity contribution in [3.05, 3.63) is 93.6 Å². The van der Waals surface area contributed by atoms with E-state index in [1.165, 1.54) is 16.5 Å². The number of carbonyl (C=O) groups is 3. The number of anilines is 1. The van der Waals surface area contributed by atoms with E-state index in [4.69, 9.17) is 21.2 Å². The van der Waals surface area contributed by atoms with Gasteiger partial charge in [0.1, 0.15) is 5.75 Å². The van der Waals surface area contributed by atoms with Crippen molar-refractivity contribution in [2.24, 2.45) is 0 Å². The molecule has 6 rings (SSSR count). The maximum atomic E-state index is 14.5. The zero-order chi connectivity index (χ0) is 38.2. The molecule has 3 aromatic carbocycles. The van der Waals surface area contributed by atoms with Crippen LogP contribution >= 0.6 is 11.6 Å². The minimum Gasteiger partial charge on any atom is -0.419 e. The van der Waals surface area contributed by atoms with Gasteiger partial charge in [-0.05, 0) is 98.8 Å². The van der Waals surface area contributed by atoms with Crippen LogP contribution in [0, 0.1) is 13.8 Å². The highest BCUT2D eigenvalue weighted by atomic mass is 35.5. The lowest BCUT2D eigenvalue weighted by molar-refractivity contribution is -0.199. The van der Waals surface area contributed by atoms with Crippen molar-refractivity contribution >= 4 is 46.0 Å². The highest BCUT2D eigenvalue weighted by molar-refractivity contribution is 6.30. The fourth-order valence-electron chi connectivity index (χ4n) is 7.24. The van der Waals surface area contributed by atoms with Crippen molar-refractivity contribution in [3.8, 4) is 5.75 Å². The van der Waals surface area contributed by atoms with Crippen molar-refractivity contribution in [1.82, 2.24) is 14.5 Å². The second-order valence-electron chi connectivity index (χ2n) is 13.1. The number of piperazine rings is 1. The number of hydrogen-bond donors (Lipinski definition) is 0. The minimum absolute atomic E-state index is 0.0452. The van der Waals surface area contributed by atoms with E-state index in [0.29, 0.717) is 48.8 Å². The molecule has 0 spiro atoms. The van der Waals surface area contributed by atoms with Gasteiger partial charge in [0.25, 0.3) is 5.91 Å². The van der Waals surface area contributed by atoms with Crippen LogP contribution in [0.15, 0.2) is 60.7 Å². The number of likely N-dealkylation sites (tertiary alicyclic amines) is 1. The third kappa shape index (κ3) is 8.10. The second kappa shape index (κ2) is 14.9. The predicted octanol–water partition coefficient (Wildman–Crippen LogP) is 7.24. The lowest BCUT2D eigenvalue weighted by atomic mass is 9.84. The van der Waals surface area contributed by atoms with Gasteiger partial charge in [0.05, 0.1) is 10.9 Å². The number of aromatic nitrogens is 1. The summed E-state index contributed by atoms with van der Waals surface area (Å²) in [5.74, 6) is -6.51. The molecule has 9 nitrogen and oxygen atoms in total. The molecule has 1 aromatic heterocycles. The standard InChI is InChI=1S/C37H35ClF6N4O5/c1-22-5-3-6-23(2)30(22)24-13-15-45(16-14-24)21-27-31-28(7-4-8-29(31)52-34(50)36(39,40)41)48(53-35(51)37(42,43)44)32(27)33(49)47-19-17-46(18-20-47)26-11-9-25(38)10-12-26/h3-12,24H,13-21H2,1-2H3. The van der Waals surface area contributed by atoms with Gasteiger partial charge in [-0.25, -0.2) is 9.59 Å². The highest BCUT2D eigenvalue weighted by Crippen LogP contribution is 2.39. The highest BCUT2D eigenvalue weighted by Gasteiger charge is 2.45. The van der Waals surface area contributed by atoms with Gasteiger partial charge in [-0.15, -0.1) is 0 Å². The number of ether oxygens (including phenoxy) is 1. The normalized spacial score (nSPS) is 16.2. The first-order valence-electron chi connectivity index (χ1n) is 16.9. The monoisotopic (exact) mass is 764 g/mol. The molecule has 16 heteroatoms. The summed E-state index contributed by atoms with van der Waals surface area (Å²) < 4.78 is 86.4. The minimum atomic E-state index is -5.49. The molecule has 53 heavy (non-hydrogen) atoms. The number of carbonyl (C=O) groups excluding carboxylic acids is 3. The SMILES string of the molecule is Cc1cccc(C)c1C1CCN(Cc2c(C(=O)N3CCN(c4ccc(Cl)cc4)CC3)n(OC(=O)C(F)(F)F)c3cccc(OC(=O)C(F)(F)F)c23)CC1. The first kappa shape index (κ1) is 38.0. The Kier molecular flexibility index (Phi) is 10.7. The molecule has 2 aliphatic heterocycles. The fourth-order valence-corrected chi connectivity index (χ4v) is 7.37. The molecule has 2 aliphatic rings. The molecule has 3 heterocycles. The van der Waals surface area contributed by atoms with Gasteiger partial charge in [0.15, 0.2) is 5.69 Å². The largest absolute Gasteiger partial charge is 0.493 e. The number of esters is 1.